The number of fused-ring (bicyclic) bond motifs is 1. The van der Waals surface area contributed by atoms with E-state index in [0.29, 0.717) is 19.0 Å². The Labute approximate surface area is 166 Å². The number of rotatable bonds is 5. The van der Waals surface area contributed by atoms with Crippen molar-refractivity contribution in [1.82, 2.24) is 14.7 Å². The number of nitrogens with zero attached hydrogens (tertiary/aromatic N) is 4. The minimum Gasteiger partial charge on any atom is -0.310 e. The zero-order valence-electron chi connectivity index (χ0n) is 16.5. The van der Waals surface area contributed by atoms with E-state index in [1.165, 1.54) is 11.1 Å². The van der Waals surface area contributed by atoms with Gasteiger partial charge in [-0.05, 0) is 43.3 Å². The highest BCUT2D eigenvalue weighted by Gasteiger charge is 2.29. The maximum absolute atomic E-state index is 13.1. The molecule has 0 radical (unpaired) electrons. The van der Waals surface area contributed by atoms with Crippen LogP contribution < -0.4 is 4.90 Å². The number of aromatic nitrogens is 2. The molecule has 0 fully saturated rings. The third kappa shape index (κ3) is 3.99. The highest BCUT2D eigenvalue weighted by atomic mass is 16.2. The van der Waals surface area contributed by atoms with Crippen LogP contribution in [-0.2, 0) is 24.2 Å². The minimum absolute atomic E-state index is 0.123. The number of benzene rings is 2. The summed E-state index contributed by atoms with van der Waals surface area (Å²) in [5.74, 6) is 0.123. The summed E-state index contributed by atoms with van der Waals surface area (Å²) < 4.78 is 1.89. The van der Waals surface area contributed by atoms with Gasteiger partial charge in [0, 0.05) is 24.5 Å². The molecule has 28 heavy (non-hydrogen) atoms. The quantitative estimate of drug-likeness (QED) is 0.689. The van der Waals surface area contributed by atoms with E-state index in [4.69, 9.17) is 0 Å². The normalized spacial score (nSPS) is 16.2. The maximum Gasteiger partial charge on any atom is 0.231 e. The number of carbonyl (C=O) groups excluding carboxylic acids is 1. The molecule has 1 atom stereocenters. The van der Waals surface area contributed by atoms with Gasteiger partial charge in [-0.3, -0.25) is 9.48 Å². The Bertz CT molecular complexity index is 948. The molecule has 4 rings (SSSR count). The van der Waals surface area contributed by atoms with Crippen molar-refractivity contribution in [2.75, 3.05) is 25.5 Å². The van der Waals surface area contributed by atoms with E-state index < -0.39 is 0 Å². The van der Waals surface area contributed by atoms with Gasteiger partial charge in [-0.2, -0.15) is 5.10 Å². The summed E-state index contributed by atoms with van der Waals surface area (Å²) in [5.41, 5.74) is 4.43. The van der Waals surface area contributed by atoms with Gasteiger partial charge in [0.25, 0.3) is 0 Å². The lowest BCUT2D eigenvalue weighted by Gasteiger charge is -2.37. The van der Waals surface area contributed by atoms with Crippen LogP contribution >= 0.6 is 0 Å². The lowest BCUT2D eigenvalue weighted by atomic mass is 9.96. The van der Waals surface area contributed by atoms with Gasteiger partial charge in [0.2, 0.25) is 5.91 Å². The first-order valence-corrected chi connectivity index (χ1v) is 9.70. The van der Waals surface area contributed by atoms with Crippen LogP contribution in [-0.4, -0.2) is 47.3 Å². The van der Waals surface area contributed by atoms with E-state index in [1.807, 2.05) is 46.1 Å². The average Bonchev–Trinajstić information content (AvgIpc) is 3.14. The highest BCUT2D eigenvalue weighted by Crippen LogP contribution is 2.28. The van der Waals surface area contributed by atoms with E-state index in [0.717, 1.165) is 24.2 Å². The summed E-state index contributed by atoms with van der Waals surface area (Å²) >= 11 is 0. The second kappa shape index (κ2) is 7.98. The standard InChI is InChI=1S/C23H26N4O/c1-25(2)21-13-20-10-6-7-11-22(20)27(17-21)23(28)12-19-14-24-26(16-19)15-18-8-4-3-5-9-18/h3-11,14,16,21H,12-13,15,17H2,1-2H3. The topological polar surface area (TPSA) is 41.4 Å². The average molecular weight is 374 g/mol. The number of hydrogen-bond donors (Lipinski definition) is 0. The van der Waals surface area contributed by atoms with Crippen LogP contribution in [0.15, 0.2) is 67.0 Å². The van der Waals surface area contributed by atoms with Gasteiger partial charge >= 0.3 is 0 Å². The molecule has 0 aliphatic carbocycles. The molecule has 1 amide bonds. The number of para-hydroxylation sites is 1. The zero-order chi connectivity index (χ0) is 19.5. The Hall–Kier alpha value is -2.92. The molecule has 1 aliphatic rings. The first-order valence-electron chi connectivity index (χ1n) is 9.70. The number of amides is 1. The molecule has 0 saturated heterocycles. The van der Waals surface area contributed by atoms with Gasteiger partial charge < -0.3 is 9.80 Å². The third-order valence-corrected chi connectivity index (χ3v) is 5.39. The zero-order valence-corrected chi connectivity index (χ0v) is 16.5. The summed E-state index contributed by atoms with van der Waals surface area (Å²) in [6, 6.07) is 18.8. The molecule has 2 aromatic carbocycles. The molecule has 5 nitrogen and oxygen atoms in total. The molecule has 1 unspecified atom stereocenters. The molecule has 144 valence electrons. The molecular formula is C23H26N4O. The Morgan fingerprint density at radius 1 is 1.07 bits per heavy atom. The van der Waals surface area contributed by atoms with Crippen LogP contribution in [0.5, 0.6) is 0 Å². The van der Waals surface area contributed by atoms with Crippen molar-refractivity contribution in [3.63, 3.8) is 0 Å². The largest absolute Gasteiger partial charge is 0.310 e. The Balaban J connectivity index is 1.49. The fourth-order valence-electron chi connectivity index (χ4n) is 3.78. The van der Waals surface area contributed by atoms with Gasteiger partial charge in [-0.15, -0.1) is 0 Å². The van der Waals surface area contributed by atoms with E-state index in [9.17, 15) is 4.79 Å². The molecule has 0 bridgehead atoms. The summed E-state index contributed by atoms with van der Waals surface area (Å²) in [5, 5.41) is 4.43. The van der Waals surface area contributed by atoms with Gasteiger partial charge in [0.15, 0.2) is 0 Å². The van der Waals surface area contributed by atoms with Crippen LogP contribution in [0.1, 0.15) is 16.7 Å². The van der Waals surface area contributed by atoms with Crippen molar-refractivity contribution in [3.05, 3.63) is 83.7 Å². The molecule has 0 saturated carbocycles. The lowest BCUT2D eigenvalue weighted by molar-refractivity contribution is -0.118. The van der Waals surface area contributed by atoms with Crippen LogP contribution in [0.25, 0.3) is 0 Å². The summed E-state index contributed by atoms with van der Waals surface area (Å²) in [6.07, 6.45) is 5.12. The van der Waals surface area contributed by atoms with E-state index in [2.05, 4.69) is 48.4 Å². The molecule has 1 aromatic heterocycles. The van der Waals surface area contributed by atoms with Crippen molar-refractivity contribution in [2.24, 2.45) is 0 Å². The minimum atomic E-state index is 0.123. The first kappa shape index (κ1) is 18.4. The summed E-state index contributed by atoms with van der Waals surface area (Å²) in [7, 11) is 4.16. The number of anilines is 1. The van der Waals surface area contributed by atoms with Crippen LogP contribution in [0.2, 0.25) is 0 Å². The fraction of sp³-hybridized carbons (Fsp3) is 0.304. The van der Waals surface area contributed by atoms with E-state index >= 15 is 0 Å². The van der Waals surface area contributed by atoms with Crippen molar-refractivity contribution >= 4 is 11.6 Å². The number of likely N-dealkylation sites (N-methyl/N-ethyl adjacent to an activating group) is 1. The summed E-state index contributed by atoms with van der Waals surface area (Å²) in [4.78, 5) is 17.3. The van der Waals surface area contributed by atoms with Gasteiger partial charge in [-0.25, -0.2) is 0 Å². The second-order valence-corrected chi connectivity index (χ2v) is 7.66. The highest BCUT2D eigenvalue weighted by molar-refractivity contribution is 5.96. The Kier molecular flexibility index (Phi) is 5.26. The smallest absolute Gasteiger partial charge is 0.231 e. The van der Waals surface area contributed by atoms with Gasteiger partial charge in [0.1, 0.15) is 0 Å². The Morgan fingerprint density at radius 2 is 1.82 bits per heavy atom. The van der Waals surface area contributed by atoms with Crippen LogP contribution in [0.4, 0.5) is 5.69 Å². The van der Waals surface area contributed by atoms with Crippen LogP contribution in [0.3, 0.4) is 0 Å². The second-order valence-electron chi connectivity index (χ2n) is 7.66. The molecule has 0 N–H and O–H groups in total. The molecule has 0 spiro atoms. The van der Waals surface area contributed by atoms with Crippen molar-refractivity contribution in [1.29, 1.82) is 0 Å². The van der Waals surface area contributed by atoms with Gasteiger partial charge in [0.05, 0.1) is 19.2 Å². The molecular weight excluding hydrogens is 348 g/mol. The monoisotopic (exact) mass is 374 g/mol. The van der Waals surface area contributed by atoms with Crippen molar-refractivity contribution in [2.45, 2.75) is 25.4 Å². The van der Waals surface area contributed by atoms with Crippen molar-refractivity contribution in [3.8, 4) is 0 Å². The number of carbonyl (C=O) groups is 1. The van der Waals surface area contributed by atoms with E-state index in [1.54, 1.807) is 6.20 Å². The predicted octanol–water partition coefficient (Wildman–Crippen LogP) is 2.99. The van der Waals surface area contributed by atoms with Crippen molar-refractivity contribution < 1.29 is 4.79 Å². The molecule has 1 aliphatic heterocycles. The molecule has 3 aromatic rings. The molecule has 2 heterocycles. The fourth-order valence-corrected chi connectivity index (χ4v) is 3.78. The summed E-state index contributed by atoms with van der Waals surface area (Å²) in [6.45, 7) is 1.44. The predicted molar refractivity (Wildman–Crippen MR) is 111 cm³/mol. The third-order valence-electron chi connectivity index (χ3n) is 5.39. The van der Waals surface area contributed by atoms with Gasteiger partial charge in [-0.1, -0.05) is 48.5 Å². The first-order chi connectivity index (χ1) is 13.6. The Morgan fingerprint density at radius 3 is 2.61 bits per heavy atom. The maximum atomic E-state index is 13.1. The SMILES string of the molecule is CN(C)C1Cc2ccccc2N(C(=O)Cc2cnn(Cc3ccccc3)c2)C1. The van der Waals surface area contributed by atoms with Crippen LogP contribution in [0, 0.1) is 0 Å². The number of hydrogen-bond acceptors (Lipinski definition) is 3. The molecule has 5 heteroatoms. The lowest BCUT2D eigenvalue weighted by Crippen LogP contribution is -2.48. The van der Waals surface area contributed by atoms with E-state index in [-0.39, 0.29) is 5.91 Å².